The minimum atomic E-state index is -1.75. The molecule has 0 aromatic carbocycles. The lowest BCUT2D eigenvalue weighted by molar-refractivity contribution is -0.146. The number of thioether (sulfide) groups is 1. The van der Waals surface area contributed by atoms with Crippen molar-refractivity contribution in [3.8, 4) is 0 Å². The zero-order valence-corrected chi connectivity index (χ0v) is 30.2. The summed E-state index contributed by atoms with van der Waals surface area (Å²) >= 11 is 1.77. The van der Waals surface area contributed by atoms with Crippen LogP contribution in [-0.2, 0) is 56.6 Å². The van der Waals surface area contributed by atoms with Gasteiger partial charge in [-0.2, -0.15) is 11.8 Å². The molecule has 0 saturated heterocycles. The van der Waals surface area contributed by atoms with E-state index in [9.17, 15) is 4.79 Å². The molecule has 0 aromatic rings. The summed E-state index contributed by atoms with van der Waals surface area (Å²) in [5.41, 5.74) is 0. The third-order valence-corrected chi connectivity index (χ3v) is 11.6. The fourth-order valence-corrected chi connectivity index (χ4v) is 4.21. The zero-order chi connectivity index (χ0) is 32.6. The second kappa shape index (κ2) is 31.2. The molecule has 0 N–H and O–H groups in total. The van der Waals surface area contributed by atoms with Gasteiger partial charge in [0.25, 0.3) is 0 Å². The van der Waals surface area contributed by atoms with Crippen molar-refractivity contribution < 1.29 is 56.6 Å². The van der Waals surface area contributed by atoms with Crippen LogP contribution < -0.4 is 0 Å². The van der Waals surface area contributed by atoms with Gasteiger partial charge < -0.3 is 51.8 Å². The van der Waals surface area contributed by atoms with Gasteiger partial charge in [0.1, 0.15) is 6.61 Å². The van der Waals surface area contributed by atoms with Crippen LogP contribution in [0.3, 0.4) is 0 Å². The van der Waals surface area contributed by atoms with Crippen LogP contribution in [0.1, 0.15) is 27.2 Å². The van der Waals surface area contributed by atoms with Crippen molar-refractivity contribution in [3.05, 3.63) is 0 Å². The average Bonchev–Trinajstić information content (AvgIpc) is 2.97. The minimum absolute atomic E-state index is 0.176. The molecule has 0 radical (unpaired) electrons. The SMILES string of the molecule is CSCCOCCOCCOCCOCCOCCOCCOCCOCCC(=O)OCCOCCO[Si](C)(C)C(C)(C)C. The molecule has 0 heterocycles. The van der Waals surface area contributed by atoms with Gasteiger partial charge in [0.15, 0.2) is 8.32 Å². The summed E-state index contributed by atoms with van der Waals surface area (Å²) in [5, 5.41) is 0.176. The van der Waals surface area contributed by atoms with Crippen molar-refractivity contribution >= 4 is 26.0 Å². The van der Waals surface area contributed by atoms with Crippen LogP contribution >= 0.6 is 11.8 Å². The molecule has 0 aliphatic carbocycles. The fourth-order valence-electron chi connectivity index (χ4n) is 2.90. The topological polar surface area (TPSA) is 119 Å². The molecule has 0 aromatic heterocycles. The van der Waals surface area contributed by atoms with Gasteiger partial charge in [0.2, 0.25) is 0 Å². The predicted molar refractivity (Wildman–Crippen MR) is 174 cm³/mol. The van der Waals surface area contributed by atoms with Crippen molar-refractivity contribution in [2.24, 2.45) is 0 Å². The van der Waals surface area contributed by atoms with E-state index in [1.54, 1.807) is 11.8 Å². The van der Waals surface area contributed by atoms with Crippen LogP contribution in [-0.4, -0.2) is 158 Å². The molecule has 0 unspecified atom stereocenters. The minimum Gasteiger partial charge on any atom is -0.463 e. The van der Waals surface area contributed by atoms with E-state index in [0.717, 1.165) is 12.4 Å². The van der Waals surface area contributed by atoms with Crippen LogP contribution in [0.5, 0.6) is 0 Å². The van der Waals surface area contributed by atoms with E-state index in [1.807, 2.05) is 0 Å². The van der Waals surface area contributed by atoms with Gasteiger partial charge in [0, 0.05) is 5.75 Å². The Morgan fingerprint density at radius 1 is 0.500 bits per heavy atom. The number of carbonyl (C=O) groups excluding carboxylic acids is 1. The number of esters is 1. The Kier molecular flexibility index (Phi) is 31.0. The highest BCUT2D eigenvalue weighted by atomic mass is 32.2. The van der Waals surface area contributed by atoms with E-state index in [4.69, 9.17) is 51.8 Å². The molecule has 14 heteroatoms. The van der Waals surface area contributed by atoms with Crippen molar-refractivity contribution in [2.75, 3.05) is 144 Å². The predicted octanol–water partition coefficient (Wildman–Crippen LogP) is 3.45. The summed E-state index contributed by atoms with van der Waals surface area (Å²) in [6.07, 6.45) is 2.25. The van der Waals surface area contributed by atoms with Crippen molar-refractivity contribution in [3.63, 3.8) is 0 Å². The highest BCUT2D eigenvalue weighted by Gasteiger charge is 2.36. The third kappa shape index (κ3) is 30.3. The second-order valence-corrected chi connectivity index (χ2v) is 16.9. The van der Waals surface area contributed by atoms with E-state index in [1.165, 1.54) is 0 Å². The lowest BCUT2D eigenvalue weighted by atomic mass is 10.2. The normalized spacial score (nSPS) is 12.2. The largest absolute Gasteiger partial charge is 0.463 e. The Morgan fingerprint density at radius 3 is 1.18 bits per heavy atom. The van der Waals surface area contributed by atoms with E-state index in [2.05, 4.69) is 40.1 Å². The van der Waals surface area contributed by atoms with Gasteiger partial charge in [-0.3, -0.25) is 4.79 Å². The number of ether oxygens (including phenoxy) is 10. The number of hydrogen-bond donors (Lipinski definition) is 0. The number of carbonyl (C=O) groups is 1. The van der Waals surface area contributed by atoms with Crippen LogP contribution in [0.2, 0.25) is 18.1 Å². The van der Waals surface area contributed by atoms with Crippen molar-refractivity contribution in [1.82, 2.24) is 0 Å². The zero-order valence-electron chi connectivity index (χ0n) is 28.4. The Hall–Kier alpha value is -0.363. The molecular weight excluding hydrogens is 612 g/mol. The van der Waals surface area contributed by atoms with E-state index in [-0.39, 0.29) is 30.6 Å². The summed E-state index contributed by atoms with van der Waals surface area (Å²) in [6, 6.07) is 0. The summed E-state index contributed by atoms with van der Waals surface area (Å²) in [5.74, 6) is 0.701. The van der Waals surface area contributed by atoms with Crippen LogP contribution in [0, 0.1) is 0 Å². The standard InChI is InChI=1S/C30H62O12SSi/c1-30(2,3)44(5,6)42-26-24-39-23-25-41-29(31)7-8-32-9-10-33-11-12-34-13-14-35-15-16-36-17-18-37-19-20-38-21-22-40-27-28-43-4/h7-28H2,1-6H3. The van der Waals surface area contributed by atoms with Gasteiger partial charge >= 0.3 is 5.97 Å². The molecule has 0 aliphatic rings. The molecule has 0 atom stereocenters. The first-order chi connectivity index (χ1) is 21.2. The van der Waals surface area contributed by atoms with E-state index >= 15 is 0 Å². The van der Waals surface area contributed by atoms with E-state index in [0.29, 0.717) is 112 Å². The smallest absolute Gasteiger partial charge is 0.308 e. The maximum atomic E-state index is 11.8. The maximum absolute atomic E-state index is 11.8. The molecule has 0 rings (SSSR count). The van der Waals surface area contributed by atoms with Gasteiger partial charge in [0.05, 0.1) is 132 Å². The summed E-state index contributed by atoms with van der Waals surface area (Å²) < 4.78 is 60.2. The first-order valence-corrected chi connectivity index (χ1v) is 20.0. The first kappa shape index (κ1) is 43.6. The van der Waals surface area contributed by atoms with Crippen LogP contribution in [0.15, 0.2) is 0 Å². The molecule has 44 heavy (non-hydrogen) atoms. The molecule has 12 nitrogen and oxygen atoms in total. The maximum Gasteiger partial charge on any atom is 0.308 e. The molecule has 0 bridgehead atoms. The lowest BCUT2D eigenvalue weighted by Gasteiger charge is -2.36. The molecule has 264 valence electrons. The number of hydrogen-bond acceptors (Lipinski definition) is 13. The molecular formula is C30H62O12SSi. The molecule has 0 fully saturated rings. The average molecular weight is 675 g/mol. The van der Waals surface area contributed by atoms with Crippen molar-refractivity contribution in [2.45, 2.75) is 45.3 Å². The Morgan fingerprint density at radius 2 is 0.818 bits per heavy atom. The molecule has 0 saturated carbocycles. The molecule has 0 spiro atoms. The fraction of sp³-hybridized carbons (Fsp3) is 0.967. The monoisotopic (exact) mass is 674 g/mol. The quantitative estimate of drug-likeness (QED) is 0.0564. The van der Waals surface area contributed by atoms with Gasteiger partial charge in [-0.25, -0.2) is 0 Å². The van der Waals surface area contributed by atoms with Crippen molar-refractivity contribution in [1.29, 1.82) is 0 Å². The highest BCUT2D eigenvalue weighted by molar-refractivity contribution is 7.98. The van der Waals surface area contributed by atoms with Gasteiger partial charge in [-0.05, 0) is 24.4 Å². The van der Waals surface area contributed by atoms with Crippen LogP contribution in [0.25, 0.3) is 0 Å². The van der Waals surface area contributed by atoms with Crippen LogP contribution in [0.4, 0.5) is 0 Å². The van der Waals surface area contributed by atoms with Gasteiger partial charge in [-0.1, -0.05) is 20.8 Å². The highest BCUT2D eigenvalue weighted by Crippen LogP contribution is 2.36. The first-order valence-electron chi connectivity index (χ1n) is 15.7. The third-order valence-electron chi connectivity index (χ3n) is 6.47. The summed E-state index contributed by atoms with van der Waals surface area (Å²) in [6.45, 7) is 20.8. The molecule has 0 amide bonds. The second-order valence-electron chi connectivity index (χ2n) is 11.1. The number of rotatable bonds is 34. The Balaban J connectivity index is 3.22. The molecule has 0 aliphatic heterocycles. The Bertz CT molecular complexity index is 625. The summed E-state index contributed by atoms with van der Waals surface area (Å²) in [7, 11) is -1.75. The van der Waals surface area contributed by atoms with E-state index < -0.39 is 8.32 Å². The van der Waals surface area contributed by atoms with Gasteiger partial charge in [-0.15, -0.1) is 0 Å². The summed E-state index contributed by atoms with van der Waals surface area (Å²) in [4.78, 5) is 11.8. The Labute approximate surface area is 271 Å². The lowest BCUT2D eigenvalue weighted by Crippen LogP contribution is -2.41.